The van der Waals surface area contributed by atoms with E-state index >= 15 is 0 Å². The summed E-state index contributed by atoms with van der Waals surface area (Å²) in [5, 5.41) is 0. The maximum Gasteiger partial charge on any atom is 0.125 e. The summed E-state index contributed by atoms with van der Waals surface area (Å²) < 4.78 is 10.7. The maximum absolute atomic E-state index is 5.46. The van der Waals surface area contributed by atoms with Crippen LogP contribution >= 0.6 is 0 Å². The fraction of sp³-hybridized carbons (Fsp3) is 0.412. The lowest BCUT2D eigenvalue weighted by Crippen LogP contribution is -2.31. The van der Waals surface area contributed by atoms with E-state index in [4.69, 9.17) is 9.47 Å². The molecule has 1 unspecified atom stereocenters. The maximum atomic E-state index is 5.46. The summed E-state index contributed by atoms with van der Waals surface area (Å²) in [5.74, 6) is 1.72. The molecule has 0 saturated heterocycles. The first-order chi connectivity index (χ1) is 9.63. The van der Waals surface area contributed by atoms with Crippen LogP contribution < -0.4 is 9.47 Å². The van der Waals surface area contributed by atoms with Crippen molar-refractivity contribution in [3.05, 3.63) is 47.7 Å². The minimum atomic E-state index is 0.429. The fourth-order valence-corrected chi connectivity index (χ4v) is 2.37. The van der Waals surface area contributed by atoms with E-state index in [1.807, 2.05) is 12.1 Å². The predicted octanol–water partition coefficient (Wildman–Crippen LogP) is 3.41. The standard InChI is InChI=1S/C17H23NO2/c1-13-7-9-18(10-8-13)14(2)11-15-5-6-16(19-3)12-17(15)20-4/h5-9,12,14H,10-11H2,1-4H3. The van der Waals surface area contributed by atoms with Crippen molar-refractivity contribution in [1.82, 2.24) is 4.90 Å². The molecular formula is C17H23NO2. The third-order valence-corrected chi connectivity index (χ3v) is 3.73. The number of hydrogen-bond donors (Lipinski definition) is 0. The number of hydrogen-bond acceptors (Lipinski definition) is 3. The van der Waals surface area contributed by atoms with E-state index in [1.165, 1.54) is 11.1 Å². The highest BCUT2D eigenvalue weighted by atomic mass is 16.5. The molecule has 1 aliphatic rings. The molecule has 0 spiro atoms. The van der Waals surface area contributed by atoms with Crippen LogP contribution in [0.3, 0.4) is 0 Å². The van der Waals surface area contributed by atoms with Crippen molar-refractivity contribution in [2.24, 2.45) is 0 Å². The second-order valence-corrected chi connectivity index (χ2v) is 5.19. The topological polar surface area (TPSA) is 21.7 Å². The van der Waals surface area contributed by atoms with Crippen LogP contribution in [0.15, 0.2) is 42.1 Å². The summed E-state index contributed by atoms with van der Waals surface area (Å²) in [7, 11) is 3.38. The average Bonchev–Trinajstić information content (AvgIpc) is 2.48. The highest BCUT2D eigenvalue weighted by molar-refractivity contribution is 5.41. The first kappa shape index (κ1) is 14.5. The molecule has 1 aromatic rings. The average molecular weight is 273 g/mol. The minimum absolute atomic E-state index is 0.429. The predicted molar refractivity (Wildman–Crippen MR) is 82.3 cm³/mol. The number of allylic oxidation sites excluding steroid dienone is 2. The van der Waals surface area contributed by atoms with E-state index in [1.54, 1.807) is 14.2 Å². The van der Waals surface area contributed by atoms with Gasteiger partial charge in [0.2, 0.25) is 0 Å². The van der Waals surface area contributed by atoms with Crippen molar-refractivity contribution < 1.29 is 9.47 Å². The molecule has 0 fully saturated rings. The van der Waals surface area contributed by atoms with Crippen molar-refractivity contribution >= 4 is 0 Å². The molecule has 1 aliphatic heterocycles. The summed E-state index contributed by atoms with van der Waals surface area (Å²) in [6.45, 7) is 5.34. The van der Waals surface area contributed by atoms with Crippen molar-refractivity contribution in [2.75, 3.05) is 20.8 Å². The second kappa shape index (κ2) is 6.51. The molecule has 20 heavy (non-hydrogen) atoms. The molecule has 0 aromatic heterocycles. The van der Waals surface area contributed by atoms with Gasteiger partial charge in [-0.1, -0.05) is 17.7 Å². The lowest BCUT2D eigenvalue weighted by Gasteiger charge is -2.29. The molecule has 0 bridgehead atoms. The molecule has 0 aliphatic carbocycles. The van der Waals surface area contributed by atoms with Gasteiger partial charge >= 0.3 is 0 Å². The Hall–Kier alpha value is -1.90. The molecule has 1 heterocycles. The van der Waals surface area contributed by atoms with E-state index in [-0.39, 0.29) is 0 Å². The van der Waals surface area contributed by atoms with Gasteiger partial charge in [-0.25, -0.2) is 0 Å². The van der Waals surface area contributed by atoms with E-state index < -0.39 is 0 Å². The Balaban J connectivity index is 2.08. The Morgan fingerprint density at radius 1 is 1.25 bits per heavy atom. The highest BCUT2D eigenvalue weighted by Gasteiger charge is 2.14. The molecule has 0 amide bonds. The third kappa shape index (κ3) is 3.35. The molecule has 108 valence electrons. The highest BCUT2D eigenvalue weighted by Crippen LogP contribution is 2.26. The second-order valence-electron chi connectivity index (χ2n) is 5.19. The summed E-state index contributed by atoms with van der Waals surface area (Å²) in [5.41, 5.74) is 2.54. The smallest absolute Gasteiger partial charge is 0.125 e. The summed E-state index contributed by atoms with van der Waals surface area (Å²) >= 11 is 0. The van der Waals surface area contributed by atoms with Gasteiger partial charge in [0, 0.05) is 18.7 Å². The van der Waals surface area contributed by atoms with Gasteiger partial charge in [0.1, 0.15) is 11.5 Å². The van der Waals surface area contributed by atoms with Gasteiger partial charge in [0.05, 0.1) is 14.2 Å². The molecule has 2 rings (SSSR count). The Labute approximate surface area is 121 Å². The minimum Gasteiger partial charge on any atom is -0.497 e. The van der Waals surface area contributed by atoms with Gasteiger partial charge in [-0.15, -0.1) is 0 Å². The monoisotopic (exact) mass is 273 g/mol. The van der Waals surface area contributed by atoms with Gasteiger partial charge in [-0.2, -0.15) is 0 Å². The van der Waals surface area contributed by atoms with Gasteiger partial charge < -0.3 is 14.4 Å². The molecule has 1 aromatic carbocycles. The lowest BCUT2D eigenvalue weighted by molar-refractivity contribution is 0.311. The molecule has 1 atom stereocenters. The quantitative estimate of drug-likeness (QED) is 0.820. The lowest BCUT2D eigenvalue weighted by atomic mass is 10.0. The van der Waals surface area contributed by atoms with E-state index in [0.29, 0.717) is 6.04 Å². The molecule has 3 nitrogen and oxygen atoms in total. The number of ether oxygens (including phenoxy) is 2. The van der Waals surface area contributed by atoms with E-state index in [0.717, 1.165) is 24.5 Å². The van der Waals surface area contributed by atoms with Crippen LogP contribution in [0, 0.1) is 0 Å². The largest absolute Gasteiger partial charge is 0.497 e. The number of nitrogens with zero attached hydrogens (tertiary/aromatic N) is 1. The summed E-state index contributed by atoms with van der Waals surface area (Å²) in [6, 6.07) is 6.44. The summed E-state index contributed by atoms with van der Waals surface area (Å²) in [6.07, 6.45) is 7.54. The number of rotatable bonds is 5. The zero-order valence-electron chi connectivity index (χ0n) is 12.7. The first-order valence-electron chi connectivity index (χ1n) is 6.95. The number of benzene rings is 1. The van der Waals surface area contributed by atoms with E-state index in [9.17, 15) is 0 Å². The van der Waals surface area contributed by atoms with E-state index in [2.05, 4.69) is 43.2 Å². The van der Waals surface area contributed by atoms with Crippen molar-refractivity contribution in [1.29, 1.82) is 0 Å². The fourth-order valence-electron chi connectivity index (χ4n) is 2.37. The van der Waals surface area contributed by atoms with Crippen molar-refractivity contribution in [3.8, 4) is 11.5 Å². The molecule has 0 radical (unpaired) electrons. The van der Waals surface area contributed by atoms with Gasteiger partial charge in [0.25, 0.3) is 0 Å². The van der Waals surface area contributed by atoms with Gasteiger partial charge in [-0.05, 0) is 44.2 Å². The number of methoxy groups -OCH3 is 2. The zero-order chi connectivity index (χ0) is 14.5. The van der Waals surface area contributed by atoms with Crippen LogP contribution in [0.4, 0.5) is 0 Å². The van der Waals surface area contributed by atoms with Crippen LogP contribution in [-0.2, 0) is 6.42 Å². The Kier molecular flexibility index (Phi) is 4.72. The van der Waals surface area contributed by atoms with Crippen molar-refractivity contribution in [2.45, 2.75) is 26.3 Å². The third-order valence-electron chi connectivity index (χ3n) is 3.73. The molecule has 3 heteroatoms. The van der Waals surface area contributed by atoms with Crippen LogP contribution in [0.25, 0.3) is 0 Å². The SMILES string of the molecule is COc1ccc(CC(C)N2C=CC(C)=CC2)c(OC)c1. The Morgan fingerprint density at radius 2 is 2.05 bits per heavy atom. The molecule has 0 saturated carbocycles. The summed E-state index contributed by atoms with van der Waals surface area (Å²) in [4.78, 5) is 2.34. The Morgan fingerprint density at radius 3 is 2.65 bits per heavy atom. The zero-order valence-corrected chi connectivity index (χ0v) is 12.7. The Bertz CT molecular complexity index is 520. The van der Waals surface area contributed by atoms with Gasteiger partial charge in [-0.3, -0.25) is 0 Å². The first-order valence-corrected chi connectivity index (χ1v) is 6.95. The van der Waals surface area contributed by atoms with Crippen LogP contribution in [0.2, 0.25) is 0 Å². The van der Waals surface area contributed by atoms with Gasteiger partial charge in [0.15, 0.2) is 0 Å². The van der Waals surface area contributed by atoms with Crippen LogP contribution in [-0.4, -0.2) is 31.7 Å². The van der Waals surface area contributed by atoms with Crippen LogP contribution in [0.1, 0.15) is 19.4 Å². The normalized spacial score (nSPS) is 15.8. The van der Waals surface area contributed by atoms with Crippen LogP contribution in [0.5, 0.6) is 11.5 Å². The molecule has 0 N–H and O–H groups in total. The molecular weight excluding hydrogens is 250 g/mol. The van der Waals surface area contributed by atoms with Crippen molar-refractivity contribution in [3.63, 3.8) is 0 Å².